The first-order valence-corrected chi connectivity index (χ1v) is 10.9. The Bertz CT molecular complexity index is 1160. The highest BCUT2D eigenvalue weighted by atomic mass is 32.2. The van der Waals surface area contributed by atoms with Crippen molar-refractivity contribution in [2.45, 2.75) is 18.4 Å². The molecule has 0 saturated carbocycles. The van der Waals surface area contributed by atoms with Gasteiger partial charge in [-0.05, 0) is 42.8 Å². The van der Waals surface area contributed by atoms with E-state index in [1.165, 1.54) is 13.3 Å². The summed E-state index contributed by atoms with van der Waals surface area (Å²) in [7, 11) is -2.02. The number of sulfone groups is 1. The monoisotopic (exact) mass is 414 g/mol. The van der Waals surface area contributed by atoms with Crippen LogP contribution in [0.1, 0.15) is 27.2 Å². The number of ether oxygens (including phenoxy) is 2. The first kappa shape index (κ1) is 20.9. The molecule has 152 valence electrons. The van der Waals surface area contributed by atoms with Crippen LogP contribution in [0.15, 0.2) is 47.6 Å². The molecule has 2 heterocycles. The average Bonchev–Trinajstić information content (AvgIpc) is 2.67. The van der Waals surface area contributed by atoms with Crippen molar-refractivity contribution in [2.75, 3.05) is 26.6 Å². The van der Waals surface area contributed by atoms with Gasteiger partial charge in [-0.3, -0.25) is 4.98 Å². The molecule has 0 radical (unpaired) electrons. The molecule has 0 atom stereocenters. The summed E-state index contributed by atoms with van der Waals surface area (Å²) in [4.78, 5) is 20.8. The zero-order valence-electron chi connectivity index (χ0n) is 16.5. The molecule has 3 rings (SSSR count). The van der Waals surface area contributed by atoms with E-state index in [1.54, 1.807) is 18.2 Å². The molecule has 1 aromatic carbocycles. The molecule has 7 nitrogen and oxygen atoms in total. The Hall–Kier alpha value is -2.84. The Kier molecular flexibility index (Phi) is 6.24. The Balaban J connectivity index is 1.97. The van der Waals surface area contributed by atoms with Gasteiger partial charge >= 0.3 is 5.97 Å². The van der Waals surface area contributed by atoms with Crippen LogP contribution in [0.5, 0.6) is 0 Å². The molecule has 0 fully saturated rings. The molecule has 2 aromatic heterocycles. The maximum absolute atomic E-state index is 12.3. The van der Waals surface area contributed by atoms with Crippen molar-refractivity contribution < 1.29 is 22.7 Å². The lowest BCUT2D eigenvalue weighted by molar-refractivity contribution is 0.0388. The molecule has 0 unspecified atom stereocenters. The maximum Gasteiger partial charge on any atom is 0.338 e. The van der Waals surface area contributed by atoms with E-state index in [-0.39, 0.29) is 18.1 Å². The van der Waals surface area contributed by atoms with Gasteiger partial charge in [-0.25, -0.2) is 18.2 Å². The number of pyridine rings is 2. The van der Waals surface area contributed by atoms with E-state index in [0.29, 0.717) is 28.9 Å². The van der Waals surface area contributed by atoms with Crippen LogP contribution < -0.4 is 0 Å². The standard InChI is InChI=1S/C21H22N2O5S/c1-14-4-5-19-16(10-14)11-17(20(23-19)29(3,25)26)13-18-12-15(6-7-22-18)21(24)28-9-8-27-2/h4-7,10-12H,8-9,13H2,1-3H3. The second-order valence-electron chi connectivity index (χ2n) is 6.76. The number of carbonyl (C=O) groups is 1. The van der Waals surface area contributed by atoms with Gasteiger partial charge in [0.15, 0.2) is 14.9 Å². The van der Waals surface area contributed by atoms with Crippen molar-refractivity contribution in [1.29, 1.82) is 0 Å². The number of nitrogens with zero attached hydrogens (tertiary/aromatic N) is 2. The number of fused-ring (bicyclic) bond motifs is 1. The number of hydrogen-bond donors (Lipinski definition) is 0. The van der Waals surface area contributed by atoms with Crippen molar-refractivity contribution in [3.05, 3.63) is 65.0 Å². The van der Waals surface area contributed by atoms with Crippen molar-refractivity contribution in [2.24, 2.45) is 0 Å². The number of aromatic nitrogens is 2. The molecule has 0 aliphatic rings. The van der Waals surface area contributed by atoms with Gasteiger partial charge in [-0.2, -0.15) is 0 Å². The number of esters is 1. The quantitative estimate of drug-likeness (QED) is 0.433. The van der Waals surface area contributed by atoms with Crippen LogP contribution in [0.25, 0.3) is 10.9 Å². The zero-order valence-corrected chi connectivity index (χ0v) is 17.3. The molecule has 0 aliphatic heterocycles. The van der Waals surface area contributed by atoms with E-state index in [0.717, 1.165) is 17.2 Å². The van der Waals surface area contributed by atoms with E-state index >= 15 is 0 Å². The van der Waals surface area contributed by atoms with E-state index in [2.05, 4.69) is 9.97 Å². The lowest BCUT2D eigenvalue weighted by Gasteiger charge is -2.10. The smallest absolute Gasteiger partial charge is 0.338 e. The van der Waals surface area contributed by atoms with Crippen molar-refractivity contribution in [3.8, 4) is 0 Å². The number of hydrogen-bond acceptors (Lipinski definition) is 7. The summed E-state index contributed by atoms with van der Waals surface area (Å²) < 4.78 is 34.6. The molecular weight excluding hydrogens is 392 g/mol. The van der Waals surface area contributed by atoms with Crippen LogP contribution in [-0.4, -0.2) is 50.9 Å². The zero-order chi connectivity index (χ0) is 21.0. The van der Waals surface area contributed by atoms with E-state index in [4.69, 9.17) is 9.47 Å². The van der Waals surface area contributed by atoms with Gasteiger partial charge in [0, 0.05) is 37.1 Å². The topological polar surface area (TPSA) is 95.4 Å². The van der Waals surface area contributed by atoms with Gasteiger partial charge in [-0.1, -0.05) is 11.6 Å². The first-order valence-electron chi connectivity index (χ1n) is 8.99. The van der Waals surface area contributed by atoms with Crippen LogP contribution in [0.4, 0.5) is 0 Å². The second kappa shape index (κ2) is 8.67. The minimum Gasteiger partial charge on any atom is -0.460 e. The fourth-order valence-electron chi connectivity index (χ4n) is 2.97. The van der Waals surface area contributed by atoms with Crippen molar-refractivity contribution in [1.82, 2.24) is 9.97 Å². The fourth-order valence-corrected chi connectivity index (χ4v) is 3.84. The van der Waals surface area contributed by atoms with E-state index < -0.39 is 15.8 Å². The minimum absolute atomic E-state index is 0.0173. The summed E-state index contributed by atoms with van der Waals surface area (Å²) in [5, 5.41) is 0.867. The number of methoxy groups -OCH3 is 1. The first-order chi connectivity index (χ1) is 13.8. The van der Waals surface area contributed by atoms with Gasteiger partial charge < -0.3 is 9.47 Å². The highest BCUT2D eigenvalue weighted by molar-refractivity contribution is 7.90. The Morgan fingerprint density at radius 1 is 1.10 bits per heavy atom. The third kappa shape index (κ3) is 5.16. The SMILES string of the molecule is COCCOC(=O)c1ccnc(Cc2cc3cc(C)ccc3nc2S(C)(=O)=O)c1. The molecular formula is C21H22N2O5S. The third-order valence-electron chi connectivity index (χ3n) is 4.31. The molecule has 0 aliphatic carbocycles. The maximum atomic E-state index is 12.3. The van der Waals surface area contributed by atoms with Crippen LogP contribution in [-0.2, 0) is 25.7 Å². The molecule has 0 saturated heterocycles. The van der Waals surface area contributed by atoms with Crippen LogP contribution in [0.2, 0.25) is 0 Å². The summed E-state index contributed by atoms with van der Waals surface area (Å²) in [6, 6.07) is 10.6. The molecule has 0 N–H and O–H groups in total. The molecule has 29 heavy (non-hydrogen) atoms. The van der Waals surface area contributed by atoms with E-state index in [9.17, 15) is 13.2 Å². The fraction of sp³-hybridized carbons (Fsp3) is 0.286. The molecule has 8 heteroatoms. The van der Waals surface area contributed by atoms with Gasteiger partial charge in [0.2, 0.25) is 0 Å². The third-order valence-corrected chi connectivity index (χ3v) is 5.36. The highest BCUT2D eigenvalue weighted by Crippen LogP contribution is 2.23. The van der Waals surface area contributed by atoms with Crippen molar-refractivity contribution in [3.63, 3.8) is 0 Å². The largest absolute Gasteiger partial charge is 0.460 e. The highest BCUT2D eigenvalue weighted by Gasteiger charge is 2.18. The number of rotatable bonds is 7. The molecule has 0 amide bonds. The Morgan fingerprint density at radius 2 is 1.90 bits per heavy atom. The lowest BCUT2D eigenvalue weighted by atomic mass is 10.1. The van der Waals surface area contributed by atoms with Gasteiger partial charge in [-0.15, -0.1) is 0 Å². The Morgan fingerprint density at radius 3 is 2.62 bits per heavy atom. The second-order valence-corrected chi connectivity index (χ2v) is 8.69. The van der Waals surface area contributed by atoms with Gasteiger partial charge in [0.1, 0.15) is 6.61 Å². The predicted octanol–water partition coefficient (Wildman–Crippen LogP) is 2.74. The van der Waals surface area contributed by atoms with Crippen LogP contribution in [0, 0.1) is 6.92 Å². The van der Waals surface area contributed by atoms with Gasteiger partial charge in [0.25, 0.3) is 0 Å². The summed E-state index contributed by atoms with van der Waals surface area (Å²) in [6.45, 7) is 2.42. The van der Waals surface area contributed by atoms with Gasteiger partial charge in [0.05, 0.1) is 17.7 Å². The van der Waals surface area contributed by atoms with Crippen LogP contribution >= 0.6 is 0 Å². The molecule has 0 bridgehead atoms. The van der Waals surface area contributed by atoms with E-state index in [1.807, 2.05) is 25.1 Å². The summed E-state index contributed by atoms with van der Waals surface area (Å²) in [6.07, 6.45) is 2.86. The average molecular weight is 414 g/mol. The Labute approximate surface area is 169 Å². The minimum atomic E-state index is -3.54. The summed E-state index contributed by atoms with van der Waals surface area (Å²) >= 11 is 0. The van der Waals surface area contributed by atoms with Crippen molar-refractivity contribution >= 4 is 26.7 Å². The number of aryl methyl sites for hydroxylation is 1. The summed E-state index contributed by atoms with van der Waals surface area (Å²) in [5.74, 6) is -0.485. The molecule has 3 aromatic rings. The lowest BCUT2D eigenvalue weighted by Crippen LogP contribution is -2.11. The normalized spacial score (nSPS) is 11.6. The predicted molar refractivity (Wildman–Crippen MR) is 109 cm³/mol. The number of carbonyl (C=O) groups excluding carboxylic acids is 1. The molecule has 0 spiro atoms. The summed E-state index contributed by atoms with van der Waals surface area (Å²) in [5.41, 5.74) is 3.09. The number of benzene rings is 1. The van der Waals surface area contributed by atoms with Crippen LogP contribution in [0.3, 0.4) is 0 Å².